The fraction of sp³-hybridized carbons (Fsp3) is 0.409. The summed E-state index contributed by atoms with van der Waals surface area (Å²) in [5.74, 6) is -0.242. The van der Waals surface area contributed by atoms with Gasteiger partial charge in [-0.1, -0.05) is 23.7 Å². The van der Waals surface area contributed by atoms with Crippen molar-refractivity contribution in [3.8, 4) is 0 Å². The molecule has 6 nitrogen and oxygen atoms in total. The minimum Gasteiger partial charge on any atom is -0.368 e. The normalized spacial score (nSPS) is 15.2. The van der Waals surface area contributed by atoms with Gasteiger partial charge in [-0.05, 0) is 56.7 Å². The molecular weight excluding hydrogens is 422 g/mol. The van der Waals surface area contributed by atoms with E-state index in [4.69, 9.17) is 11.6 Å². The molecule has 0 saturated carbocycles. The Labute approximate surface area is 184 Å². The fourth-order valence-electron chi connectivity index (χ4n) is 3.44. The molecule has 30 heavy (non-hydrogen) atoms. The van der Waals surface area contributed by atoms with Crippen LogP contribution in [0.2, 0.25) is 5.02 Å². The van der Waals surface area contributed by atoms with Gasteiger partial charge in [0.1, 0.15) is 0 Å². The van der Waals surface area contributed by atoms with E-state index in [2.05, 4.69) is 30.0 Å². The number of hydrogen-bond acceptors (Lipinski definition) is 4. The molecule has 1 saturated heterocycles. The molecule has 1 fully saturated rings. The van der Waals surface area contributed by atoms with E-state index in [1.165, 1.54) is 35.1 Å². The average molecular weight is 450 g/mol. The summed E-state index contributed by atoms with van der Waals surface area (Å²) in [4.78, 5) is 17.2. The smallest absolute Gasteiger partial charge is 0.255 e. The van der Waals surface area contributed by atoms with Gasteiger partial charge in [0.2, 0.25) is 10.0 Å². The highest BCUT2D eigenvalue weighted by Gasteiger charge is 2.28. The van der Waals surface area contributed by atoms with Crippen LogP contribution in [0.1, 0.15) is 29.8 Å². The summed E-state index contributed by atoms with van der Waals surface area (Å²) in [6, 6.07) is 12.4. The van der Waals surface area contributed by atoms with Crippen LogP contribution < -0.4 is 4.90 Å². The van der Waals surface area contributed by atoms with Gasteiger partial charge in [-0.15, -0.1) is 0 Å². The van der Waals surface area contributed by atoms with Crippen LogP contribution in [0.25, 0.3) is 0 Å². The van der Waals surface area contributed by atoms with Crippen LogP contribution >= 0.6 is 11.6 Å². The lowest BCUT2D eigenvalue weighted by molar-refractivity contribution is 0.0746. The van der Waals surface area contributed by atoms with E-state index in [9.17, 15) is 13.2 Å². The lowest BCUT2D eigenvalue weighted by atomic mass is 10.1. The minimum atomic E-state index is -3.69. The molecular formula is C22H28ClN3O3S. The molecule has 0 aliphatic carbocycles. The summed E-state index contributed by atoms with van der Waals surface area (Å²) in [7, 11) is -2.17. The average Bonchev–Trinajstić information content (AvgIpc) is 2.73. The van der Waals surface area contributed by atoms with Crippen molar-refractivity contribution in [1.82, 2.24) is 9.21 Å². The molecule has 0 spiro atoms. The molecule has 1 amide bonds. The maximum Gasteiger partial charge on any atom is 0.255 e. The number of amides is 1. The number of hydrogen-bond donors (Lipinski definition) is 0. The number of carbonyl (C=O) groups excluding carboxylic acids is 1. The highest BCUT2D eigenvalue weighted by atomic mass is 35.5. The standard InChI is InChI=1S/C22H28ClN3O3S/c1-16(2)24(4)30(28,29)19-8-9-21(23)20(15-19)22(27)26-12-10-25(11-13-26)18-7-5-6-17(3)14-18/h5-9,14-16H,10-13H2,1-4H3. The van der Waals surface area contributed by atoms with E-state index < -0.39 is 10.0 Å². The Kier molecular flexibility index (Phi) is 6.75. The van der Waals surface area contributed by atoms with Gasteiger partial charge in [0.25, 0.3) is 5.91 Å². The molecule has 0 bridgehead atoms. The minimum absolute atomic E-state index is 0.0739. The largest absolute Gasteiger partial charge is 0.368 e. The van der Waals surface area contributed by atoms with Crippen molar-refractivity contribution < 1.29 is 13.2 Å². The van der Waals surface area contributed by atoms with Gasteiger partial charge in [-0.2, -0.15) is 4.31 Å². The monoisotopic (exact) mass is 449 g/mol. The number of halogens is 1. The number of carbonyl (C=O) groups is 1. The Morgan fingerprint density at radius 1 is 1.07 bits per heavy atom. The van der Waals surface area contributed by atoms with Gasteiger partial charge in [0.05, 0.1) is 15.5 Å². The molecule has 0 aromatic heterocycles. The first-order valence-electron chi connectivity index (χ1n) is 9.99. The maximum atomic E-state index is 13.1. The second-order valence-electron chi connectivity index (χ2n) is 7.87. The lowest BCUT2D eigenvalue weighted by Crippen LogP contribution is -2.48. The number of piperazine rings is 1. The quantitative estimate of drug-likeness (QED) is 0.699. The Bertz CT molecular complexity index is 1030. The molecule has 0 unspecified atom stereocenters. The number of rotatable bonds is 5. The Morgan fingerprint density at radius 2 is 1.73 bits per heavy atom. The molecule has 2 aromatic rings. The molecule has 0 atom stereocenters. The van der Waals surface area contributed by atoms with Crippen molar-refractivity contribution in [2.24, 2.45) is 0 Å². The second kappa shape index (κ2) is 8.96. The van der Waals surface area contributed by atoms with Crippen molar-refractivity contribution >= 4 is 33.2 Å². The first-order valence-corrected chi connectivity index (χ1v) is 11.8. The van der Waals surface area contributed by atoms with Gasteiger partial charge >= 0.3 is 0 Å². The number of benzene rings is 2. The summed E-state index contributed by atoms with van der Waals surface area (Å²) >= 11 is 6.28. The van der Waals surface area contributed by atoms with Crippen LogP contribution in [0.4, 0.5) is 5.69 Å². The SMILES string of the molecule is Cc1cccc(N2CCN(C(=O)c3cc(S(=O)(=O)N(C)C(C)C)ccc3Cl)CC2)c1. The highest BCUT2D eigenvalue weighted by Crippen LogP contribution is 2.26. The van der Waals surface area contributed by atoms with Crippen LogP contribution in [0.15, 0.2) is 47.4 Å². The molecule has 3 rings (SSSR count). The maximum absolute atomic E-state index is 13.1. The highest BCUT2D eigenvalue weighted by molar-refractivity contribution is 7.89. The zero-order chi connectivity index (χ0) is 22.1. The summed E-state index contributed by atoms with van der Waals surface area (Å²) in [5, 5.41) is 0.257. The van der Waals surface area contributed by atoms with E-state index in [0.717, 1.165) is 5.69 Å². The van der Waals surface area contributed by atoms with E-state index in [0.29, 0.717) is 26.2 Å². The summed E-state index contributed by atoms with van der Waals surface area (Å²) in [6.07, 6.45) is 0. The third kappa shape index (κ3) is 4.63. The second-order valence-corrected chi connectivity index (χ2v) is 10.3. The van der Waals surface area contributed by atoms with Crippen LogP contribution in [0.3, 0.4) is 0 Å². The molecule has 0 radical (unpaired) electrons. The lowest BCUT2D eigenvalue weighted by Gasteiger charge is -2.36. The fourth-order valence-corrected chi connectivity index (χ4v) is 5.03. The van der Waals surface area contributed by atoms with Crippen LogP contribution in [-0.2, 0) is 10.0 Å². The van der Waals surface area contributed by atoms with Crippen molar-refractivity contribution in [1.29, 1.82) is 0 Å². The predicted octanol–water partition coefficient (Wildman–Crippen LogP) is 3.64. The van der Waals surface area contributed by atoms with E-state index >= 15 is 0 Å². The van der Waals surface area contributed by atoms with Gasteiger partial charge in [0, 0.05) is 45.0 Å². The number of aryl methyl sites for hydroxylation is 1. The van der Waals surface area contributed by atoms with Gasteiger partial charge < -0.3 is 9.80 Å². The van der Waals surface area contributed by atoms with Crippen LogP contribution in [0.5, 0.6) is 0 Å². The van der Waals surface area contributed by atoms with Crippen molar-refractivity contribution in [3.05, 3.63) is 58.6 Å². The number of nitrogens with zero attached hydrogens (tertiary/aromatic N) is 3. The van der Waals surface area contributed by atoms with Crippen LogP contribution in [0, 0.1) is 6.92 Å². The van der Waals surface area contributed by atoms with E-state index in [1.807, 2.05) is 6.07 Å². The molecule has 1 aliphatic heterocycles. The molecule has 2 aromatic carbocycles. The van der Waals surface area contributed by atoms with Crippen molar-refractivity contribution in [2.75, 3.05) is 38.1 Å². The third-order valence-corrected chi connectivity index (χ3v) is 7.87. The summed E-state index contributed by atoms with van der Waals surface area (Å²) in [5.41, 5.74) is 2.56. The van der Waals surface area contributed by atoms with Gasteiger partial charge in [-0.3, -0.25) is 4.79 Å². The molecule has 1 heterocycles. The number of anilines is 1. The first kappa shape index (κ1) is 22.6. The zero-order valence-electron chi connectivity index (χ0n) is 17.8. The van der Waals surface area contributed by atoms with Gasteiger partial charge in [0.15, 0.2) is 0 Å². The Hall–Kier alpha value is -2.09. The van der Waals surface area contributed by atoms with Gasteiger partial charge in [-0.25, -0.2) is 8.42 Å². The van der Waals surface area contributed by atoms with E-state index in [1.54, 1.807) is 18.7 Å². The molecule has 0 N–H and O–H groups in total. The predicted molar refractivity (Wildman–Crippen MR) is 121 cm³/mol. The van der Waals surface area contributed by atoms with Crippen molar-refractivity contribution in [3.63, 3.8) is 0 Å². The number of sulfonamides is 1. The Balaban J connectivity index is 1.78. The van der Waals surface area contributed by atoms with Crippen molar-refractivity contribution in [2.45, 2.75) is 31.7 Å². The topological polar surface area (TPSA) is 60.9 Å². The third-order valence-electron chi connectivity index (χ3n) is 5.51. The summed E-state index contributed by atoms with van der Waals surface area (Å²) < 4.78 is 26.9. The molecule has 162 valence electrons. The summed E-state index contributed by atoms with van der Waals surface area (Å²) in [6.45, 7) is 8.17. The first-order chi connectivity index (χ1) is 14.1. The van der Waals surface area contributed by atoms with Crippen LogP contribution in [-0.4, -0.2) is 62.8 Å². The Morgan fingerprint density at radius 3 is 2.33 bits per heavy atom. The zero-order valence-corrected chi connectivity index (χ0v) is 19.4. The van der Waals surface area contributed by atoms with E-state index in [-0.39, 0.29) is 27.4 Å². The molecule has 1 aliphatic rings. The molecule has 8 heteroatoms.